The van der Waals surface area contributed by atoms with E-state index in [1.54, 1.807) is 7.05 Å². The summed E-state index contributed by atoms with van der Waals surface area (Å²) in [6, 6.07) is 0. The summed E-state index contributed by atoms with van der Waals surface area (Å²) >= 11 is 0. The molecule has 0 aliphatic heterocycles. The average molecular weight is 387 g/mol. The first-order chi connectivity index (χ1) is 10.5. The maximum atomic E-state index is 12.8. The molecular formula is C15H26Cl2F2N4O. The second kappa shape index (κ2) is 10.2. The number of imidazole rings is 1. The van der Waals surface area contributed by atoms with Gasteiger partial charge in [0.25, 0.3) is 0 Å². The van der Waals surface area contributed by atoms with Crippen molar-refractivity contribution in [1.29, 1.82) is 0 Å². The molecule has 0 bridgehead atoms. The van der Waals surface area contributed by atoms with E-state index in [1.807, 2.05) is 0 Å². The molecule has 1 aromatic heterocycles. The molecule has 2 rings (SSSR count). The highest BCUT2D eigenvalue weighted by Gasteiger charge is 2.34. The fourth-order valence-corrected chi connectivity index (χ4v) is 3.15. The van der Waals surface area contributed by atoms with Gasteiger partial charge in [-0.25, -0.2) is 4.98 Å². The topological polar surface area (TPSA) is 64.2 Å². The molecule has 24 heavy (non-hydrogen) atoms. The highest BCUT2D eigenvalue weighted by molar-refractivity contribution is 5.85. The summed E-state index contributed by atoms with van der Waals surface area (Å²) in [6.45, 7) is -2.07. The van der Waals surface area contributed by atoms with Crippen LogP contribution >= 0.6 is 24.8 Å². The average Bonchev–Trinajstić information content (AvgIpc) is 2.96. The lowest BCUT2D eigenvalue weighted by Gasteiger charge is -2.36. The van der Waals surface area contributed by atoms with E-state index in [2.05, 4.69) is 4.98 Å². The Morgan fingerprint density at radius 2 is 2.00 bits per heavy atom. The van der Waals surface area contributed by atoms with E-state index in [0.29, 0.717) is 13.0 Å². The van der Waals surface area contributed by atoms with Crippen LogP contribution in [0.15, 0.2) is 12.4 Å². The summed E-state index contributed by atoms with van der Waals surface area (Å²) in [5, 5.41) is 0. The van der Waals surface area contributed by atoms with Crippen LogP contribution in [0.1, 0.15) is 50.9 Å². The van der Waals surface area contributed by atoms with Crippen molar-refractivity contribution in [2.45, 2.75) is 51.6 Å². The summed E-state index contributed by atoms with van der Waals surface area (Å²) in [6.07, 6.45) is 8.26. The molecule has 9 heteroatoms. The second-order valence-electron chi connectivity index (χ2n) is 6.22. The van der Waals surface area contributed by atoms with Gasteiger partial charge in [0.15, 0.2) is 0 Å². The van der Waals surface area contributed by atoms with Crippen molar-refractivity contribution in [2.24, 2.45) is 11.1 Å². The molecule has 2 N–H and O–H groups in total. The van der Waals surface area contributed by atoms with E-state index in [0.717, 1.165) is 30.3 Å². The van der Waals surface area contributed by atoms with Crippen molar-refractivity contribution in [3.05, 3.63) is 18.2 Å². The third-order valence-electron chi connectivity index (χ3n) is 4.64. The van der Waals surface area contributed by atoms with Gasteiger partial charge in [-0.15, -0.1) is 24.8 Å². The first kappa shape index (κ1) is 23.1. The monoisotopic (exact) mass is 386 g/mol. The van der Waals surface area contributed by atoms with Crippen LogP contribution in [0.3, 0.4) is 0 Å². The minimum absolute atomic E-state index is 0. The Kier molecular flexibility index (Phi) is 9.77. The minimum atomic E-state index is -2.64. The van der Waals surface area contributed by atoms with Crippen molar-refractivity contribution >= 4 is 30.7 Å². The molecule has 0 radical (unpaired) electrons. The maximum absolute atomic E-state index is 12.8. The van der Waals surface area contributed by atoms with Crippen LogP contribution in [0.5, 0.6) is 0 Å². The Hall–Kier alpha value is -0.920. The molecule has 0 saturated heterocycles. The maximum Gasteiger partial charge on any atom is 0.319 e. The Balaban J connectivity index is 0.00000264. The SMILES string of the molecule is CN(Cc1nccn1C(F)F)C(=O)CC1(CN)CCCCC1.Cl.Cl. The van der Waals surface area contributed by atoms with Gasteiger partial charge in [-0.3, -0.25) is 9.36 Å². The molecule has 0 spiro atoms. The van der Waals surface area contributed by atoms with Crippen LogP contribution in [0, 0.1) is 5.41 Å². The van der Waals surface area contributed by atoms with E-state index in [4.69, 9.17) is 5.73 Å². The van der Waals surface area contributed by atoms with Crippen LogP contribution in [-0.2, 0) is 11.3 Å². The van der Waals surface area contributed by atoms with Gasteiger partial charge in [-0.05, 0) is 24.8 Å². The molecule has 1 heterocycles. The summed E-state index contributed by atoms with van der Waals surface area (Å²) < 4.78 is 26.4. The lowest BCUT2D eigenvalue weighted by atomic mass is 9.71. The predicted molar refractivity (Wildman–Crippen MR) is 93.6 cm³/mol. The number of halogens is 4. The standard InChI is InChI=1S/C15H24F2N4O.2ClH/c1-20(10-12-19-7-8-21(12)14(16)17)13(22)9-15(11-18)5-3-2-4-6-15;;/h7-8,14H,2-6,9-11,18H2,1H3;2*1H. The van der Waals surface area contributed by atoms with Gasteiger partial charge in [0.05, 0.1) is 6.54 Å². The van der Waals surface area contributed by atoms with Gasteiger partial charge in [0.2, 0.25) is 5.91 Å². The number of aromatic nitrogens is 2. The van der Waals surface area contributed by atoms with Crippen molar-refractivity contribution in [1.82, 2.24) is 14.5 Å². The van der Waals surface area contributed by atoms with Crippen LogP contribution < -0.4 is 5.73 Å². The van der Waals surface area contributed by atoms with E-state index in [9.17, 15) is 13.6 Å². The summed E-state index contributed by atoms with van der Waals surface area (Å²) in [5.74, 6) is 0.132. The van der Waals surface area contributed by atoms with Gasteiger partial charge in [0, 0.05) is 25.9 Å². The fourth-order valence-electron chi connectivity index (χ4n) is 3.15. The van der Waals surface area contributed by atoms with Crippen molar-refractivity contribution in [3.8, 4) is 0 Å². The molecular weight excluding hydrogens is 361 g/mol. The van der Waals surface area contributed by atoms with Gasteiger partial charge in [0.1, 0.15) is 5.82 Å². The summed E-state index contributed by atoms with van der Waals surface area (Å²) in [7, 11) is 1.62. The number of nitrogens with two attached hydrogens (primary N) is 1. The van der Waals surface area contributed by atoms with E-state index < -0.39 is 6.55 Å². The number of rotatable bonds is 6. The predicted octanol–water partition coefficient (Wildman–Crippen LogP) is 3.38. The lowest BCUT2D eigenvalue weighted by molar-refractivity contribution is -0.133. The zero-order chi connectivity index (χ0) is 16.2. The lowest BCUT2D eigenvalue weighted by Crippen LogP contribution is -2.39. The fraction of sp³-hybridized carbons (Fsp3) is 0.733. The molecule has 140 valence electrons. The van der Waals surface area contributed by atoms with Crippen molar-refractivity contribution in [3.63, 3.8) is 0 Å². The summed E-state index contributed by atoms with van der Waals surface area (Å²) in [4.78, 5) is 17.8. The van der Waals surface area contributed by atoms with E-state index in [1.165, 1.54) is 23.7 Å². The number of carbonyl (C=O) groups excluding carboxylic acids is 1. The molecule has 0 aromatic carbocycles. The number of alkyl halides is 2. The number of hydrogen-bond donors (Lipinski definition) is 1. The number of carbonyl (C=O) groups is 1. The van der Waals surface area contributed by atoms with Crippen molar-refractivity contribution < 1.29 is 13.6 Å². The third-order valence-corrected chi connectivity index (χ3v) is 4.64. The zero-order valence-corrected chi connectivity index (χ0v) is 15.4. The third kappa shape index (κ3) is 5.57. The molecule has 1 fully saturated rings. The van der Waals surface area contributed by atoms with Crippen molar-refractivity contribution in [2.75, 3.05) is 13.6 Å². The largest absolute Gasteiger partial charge is 0.338 e. The van der Waals surface area contributed by atoms with Crippen LogP contribution in [-0.4, -0.2) is 34.0 Å². The normalized spacial score (nSPS) is 16.2. The molecule has 1 aliphatic carbocycles. The van der Waals surface area contributed by atoms with Crippen LogP contribution in [0.4, 0.5) is 8.78 Å². The molecule has 0 unspecified atom stereocenters. The molecule has 0 atom stereocenters. The first-order valence-corrected chi connectivity index (χ1v) is 7.71. The molecule has 1 aliphatic rings. The Bertz CT molecular complexity index is 507. The van der Waals surface area contributed by atoms with Gasteiger partial charge in [-0.2, -0.15) is 8.78 Å². The van der Waals surface area contributed by atoms with Crippen LogP contribution in [0.2, 0.25) is 0 Å². The highest BCUT2D eigenvalue weighted by Crippen LogP contribution is 2.38. The molecule has 1 aromatic rings. The minimum Gasteiger partial charge on any atom is -0.338 e. The molecule has 1 amide bonds. The molecule has 1 saturated carbocycles. The Labute approximate surface area is 153 Å². The second-order valence-corrected chi connectivity index (χ2v) is 6.22. The quantitative estimate of drug-likeness (QED) is 0.814. The van der Waals surface area contributed by atoms with Crippen LogP contribution in [0.25, 0.3) is 0 Å². The van der Waals surface area contributed by atoms with E-state index in [-0.39, 0.29) is 48.5 Å². The number of amides is 1. The Morgan fingerprint density at radius 3 is 2.54 bits per heavy atom. The van der Waals surface area contributed by atoms with Gasteiger partial charge >= 0.3 is 6.55 Å². The van der Waals surface area contributed by atoms with Gasteiger partial charge < -0.3 is 10.6 Å². The van der Waals surface area contributed by atoms with E-state index >= 15 is 0 Å². The number of hydrogen-bond acceptors (Lipinski definition) is 3. The smallest absolute Gasteiger partial charge is 0.319 e. The number of nitrogens with zero attached hydrogens (tertiary/aromatic N) is 3. The summed E-state index contributed by atoms with van der Waals surface area (Å²) in [5.41, 5.74) is 5.78. The first-order valence-electron chi connectivity index (χ1n) is 7.71. The van der Waals surface area contributed by atoms with Gasteiger partial charge in [-0.1, -0.05) is 19.3 Å². The zero-order valence-electron chi connectivity index (χ0n) is 13.8. The highest BCUT2D eigenvalue weighted by atomic mass is 35.5. The molecule has 5 nitrogen and oxygen atoms in total. The Morgan fingerprint density at radius 1 is 1.38 bits per heavy atom.